The Balaban J connectivity index is 1.57. The summed E-state index contributed by atoms with van der Waals surface area (Å²) >= 11 is 12.6. The van der Waals surface area contributed by atoms with Crippen LogP contribution in [0.3, 0.4) is 0 Å². The number of hydrogen-bond acceptors (Lipinski definition) is 3. The summed E-state index contributed by atoms with van der Waals surface area (Å²) in [6, 6.07) is 14.5. The highest BCUT2D eigenvalue weighted by Gasteiger charge is 2.29. The molecule has 1 saturated carbocycles. The van der Waals surface area contributed by atoms with Gasteiger partial charge in [0.15, 0.2) is 0 Å². The van der Waals surface area contributed by atoms with Gasteiger partial charge in [-0.1, -0.05) is 47.5 Å². The zero-order valence-corrected chi connectivity index (χ0v) is 18.3. The molecule has 0 bridgehead atoms. The van der Waals surface area contributed by atoms with Gasteiger partial charge in [-0.05, 0) is 66.8 Å². The number of halogens is 2. The van der Waals surface area contributed by atoms with Crippen LogP contribution in [0.4, 0.5) is 0 Å². The summed E-state index contributed by atoms with van der Waals surface area (Å²) in [6.45, 7) is 5.47. The Bertz CT molecular complexity index is 797. The molecule has 2 fully saturated rings. The summed E-state index contributed by atoms with van der Waals surface area (Å²) in [6.07, 6.45) is 3.97. The minimum atomic E-state index is -0.113. The third-order valence-electron chi connectivity index (χ3n) is 6.55. The van der Waals surface area contributed by atoms with E-state index < -0.39 is 0 Å². The van der Waals surface area contributed by atoms with Gasteiger partial charge in [0, 0.05) is 48.3 Å². The van der Waals surface area contributed by atoms with E-state index in [0.717, 1.165) is 74.6 Å². The molecule has 29 heavy (non-hydrogen) atoms. The highest BCUT2D eigenvalue weighted by molar-refractivity contribution is 6.35. The average molecular weight is 433 g/mol. The number of aliphatic hydroxyl groups excluding tert-OH is 1. The Kier molecular flexibility index (Phi) is 7.15. The third-order valence-corrected chi connectivity index (χ3v) is 7.12. The van der Waals surface area contributed by atoms with Crippen LogP contribution < -0.4 is 5.32 Å². The van der Waals surface area contributed by atoms with Crippen LogP contribution in [0.1, 0.15) is 37.2 Å². The van der Waals surface area contributed by atoms with E-state index >= 15 is 0 Å². The van der Waals surface area contributed by atoms with Crippen LogP contribution in [0.5, 0.6) is 0 Å². The summed E-state index contributed by atoms with van der Waals surface area (Å²) < 4.78 is 0. The molecule has 0 radical (unpaired) electrons. The Morgan fingerprint density at radius 1 is 0.966 bits per heavy atom. The molecule has 5 heteroatoms. The molecule has 0 aromatic heterocycles. The number of hydrogen-bond donors (Lipinski definition) is 2. The van der Waals surface area contributed by atoms with Crippen molar-refractivity contribution in [3.63, 3.8) is 0 Å². The maximum atomic E-state index is 9.97. The van der Waals surface area contributed by atoms with Gasteiger partial charge in [0.2, 0.25) is 0 Å². The first-order valence-corrected chi connectivity index (χ1v) is 11.5. The van der Waals surface area contributed by atoms with Crippen LogP contribution in [-0.2, 0) is 0 Å². The van der Waals surface area contributed by atoms with Gasteiger partial charge in [0.05, 0.1) is 6.10 Å². The molecular weight excluding hydrogens is 403 g/mol. The fourth-order valence-electron chi connectivity index (χ4n) is 4.83. The fraction of sp³-hybridized carbons (Fsp3) is 0.500. The lowest BCUT2D eigenvalue weighted by molar-refractivity contribution is 0.0932. The number of rotatable bonds is 5. The van der Waals surface area contributed by atoms with Gasteiger partial charge in [0.25, 0.3) is 0 Å². The van der Waals surface area contributed by atoms with Gasteiger partial charge in [-0.2, -0.15) is 0 Å². The smallest absolute Gasteiger partial charge is 0.0540 e. The van der Waals surface area contributed by atoms with E-state index in [1.807, 2.05) is 18.2 Å². The minimum Gasteiger partial charge on any atom is -0.393 e. The Hall–Kier alpha value is -1.10. The fourth-order valence-corrected chi connectivity index (χ4v) is 5.23. The molecule has 3 nitrogen and oxygen atoms in total. The summed E-state index contributed by atoms with van der Waals surface area (Å²) in [5.41, 5.74) is 3.47. The van der Waals surface area contributed by atoms with Gasteiger partial charge in [-0.15, -0.1) is 0 Å². The van der Waals surface area contributed by atoms with Crippen LogP contribution in [0.2, 0.25) is 10.0 Å². The molecule has 1 unspecified atom stereocenters. The van der Waals surface area contributed by atoms with Crippen molar-refractivity contribution in [1.29, 1.82) is 0 Å². The lowest BCUT2D eigenvalue weighted by Gasteiger charge is -2.37. The van der Waals surface area contributed by atoms with E-state index in [9.17, 15) is 5.11 Å². The first kappa shape index (κ1) is 21.1. The minimum absolute atomic E-state index is 0.113. The van der Waals surface area contributed by atoms with Crippen molar-refractivity contribution in [2.45, 2.75) is 37.7 Å². The van der Waals surface area contributed by atoms with Crippen molar-refractivity contribution in [3.8, 4) is 11.1 Å². The SMILES string of the molecule is OC1CCC(C(CN2CCNCC2)c2ccc(-c3cc(Cl)ccc3Cl)cc2)CC1. The molecule has 4 rings (SSSR count). The second-order valence-electron chi connectivity index (χ2n) is 8.47. The Morgan fingerprint density at radius 3 is 2.34 bits per heavy atom. The van der Waals surface area contributed by atoms with E-state index in [0.29, 0.717) is 16.9 Å². The molecule has 156 valence electrons. The lowest BCUT2D eigenvalue weighted by atomic mass is 9.75. The lowest BCUT2D eigenvalue weighted by Crippen LogP contribution is -2.46. The van der Waals surface area contributed by atoms with Crippen LogP contribution in [0, 0.1) is 5.92 Å². The highest BCUT2D eigenvalue weighted by Crippen LogP contribution is 2.38. The van der Waals surface area contributed by atoms with E-state index in [1.165, 1.54) is 5.56 Å². The maximum Gasteiger partial charge on any atom is 0.0540 e. The Labute approximate surface area is 184 Å². The summed E-state index contributed by atoms with van der Waals surface area (Å²) in [7, 11) is 0. The molecule has 2 N–H and O–H groups in total. The van der Waals surface area contributed by atoms with Gasteiger partial charge >= 0.3 is 0 Å². The van der Waals surface area contributed by atoms with Gasteiger partial charge < -0.3 is 15.3 Å². The van der Waals surface area contributed by atoms with E-state index in [2.05, 4.69) is 34.5 Å². The van der Waals surface area contributed by atoms with Crippen molar-refractivity contribution in [2.24, 2.45) is 5.92 Å². The second-order valence-corrected chi connectivity index (χ2v) is 9.32. The summed E-state index contributed by atoms with van der Waals surface area (Å²) in [5, 5.41) is 14.8. The average Bonchev–Trinajstić information content (AvgIpc) is 2.75. The van der Waals surface area contributed by atoms with Crippen molar-refractivity contribution < 1.29 is 5.11 Å². The molecule has 1 aliphatic carbocycles. The first-order chi connectivity index (χ1) is 14.1. The van der Waals surface area contributed by atoms with Gasteiger partial charge in [-0.3, -0.25) is 0 Å². The first-order valence-electron chi connectivity index (χ1n) is 10.8. The summed E-state index contributed by atoms with van der Waals surface area (Å²) in [5.74, 6) is 1.14. The predicted octanol–water partition coefficient (Wildman–Crippen LogP) is 5.20. The van der Waals surface area contributed by atoms with E-state index in [4.69, 9.17) is 23.2 Å². The molecule has 1 saturated heterocycles. The van der Waals surface area contributed by atoms with Crippen molar-refractivity contribution >= 4 is 23.2 Å². The topological polar surface area (TPSA) is 35.5 Å². The number of benzene rings is 2. The quantitative estimate of drug-likeness (QED) is 0.681. The number of nitrogens with zero attached hydrogens (tertiary/aromatic N) is 1. The standard InChI is InChI=1S/C24H30Cl2N2O/c25-20-7-10-24(26)22(15-20)17-1-3-18(4-2-17)23(16-28-13-11-27-12-14-28)19-5-8-21(29)9-6-19/h1-4,7,10,15,19,21,23,27,29H,5-6,8-9,11-14,16H2. The van der Waals surface area contributed by atoms with E-state index in [-0.39, 0.29) is 6.10 Å². The molecule has 0 amide bonds. The molecule has 1 atom stereocenters. The molecule has 2 aromatic rings. The van der Waals surface area contributed by atoms with Crippen molar-refractivity contribution in [1.82, 2.24) is 10.2 Å². The molecule has 1 aliphatic heterocycles. The molecule has 2 aliphatic rings. The zero-order chi connectivity index (χ0) is 20.2. The maximum absolute atomic E-state index is 9.97. The van der Waals surface area contributed by atoms with Crippen LogP contribution in [0.25, 0.3) is 11.1 Å². The zero-order valence-electron chi connectivity index (χ0n) is 16.8. The molecular formula is C24H30Cl2N2O. The number of piperazine rings is 1. The van der Waals surface area contributed by atoms with Crippen molar-refractivity contribution in [2.75, 3.05) is 32.7 Å². The molecule has 0 spiro atoms. The third kappa shape index (κ3) is 5.34. The normalized spacial score (nSPS) is 24.4. The van der Waals surface area contributed by atoms with Crippen LogP contribution >= 0.6 is 23.2 Å². The monoisotopic (exact) mass is 432 g/mol. The van der Waals surface area contributed by atoms with Crippen LogP contribution in [0.15, 0.2) is 42.5 Å². The number of aliphatic hydroxyl groups is 1. The second kappa shape index (κ2) is 9.80. The molecule has 1 heterocycles. The van der Waals surface area contributed by atoms with Gasteiger partial charge in [-0.25, -0.2) is 0 Å². The highest BCUT2D eigenvalue weighted by atomic mass is 35.5. The number of nitrogens with one attached hydrogen (secondary N) is 1. The summed E-state index contributed by atoms with van der Waals surface area (Å²) in [4.78, 5) is 2.59. The largest absolute Gasteiger partial charge is 0.393 e. The van der Waals surface area contributed by atoms with Crippen LogP contribution in [-0.4, -0.2) is 48.8 Å². The van der Waals surface area contributed by atoms with Crippen molar-refractivity contribution in [3.05, 3.63) is 58.1 Å². The van der Waals surface area contributed by atoms with Gasteiger partial charge in [0.1, 0.15) is 0 Å². The molecule has 2 aromatic carbocycles. The van der Waals surface area contributed by atoms with E-state index in [1.54, 1.807) is 0 Å². The Morgan fingerprint density at radius 2 is 1.66 bits per heavy atom. The predicted molar refractivity (Wildman–Crippen MR) is 122 cm³/mol.